The molecule has 5 heteroatoms. The van der Waals surface area contributed by atoms with Crippen LogP contribution < -0.4 is 0 Å². The van der Waals surface area contributed by atoms with Gasteiger partial charge in [-0.15, -0.1) is 0 Å². The fraction of sp³-hybridized carbons (Fsp3) is 0.100. The van der Waals surface area contributed by atoms with Gasteiger partial charge in [0.05, 0.1) is 5.69 Å². The van der Waals surface area contributed by atoms with Crippen molar-refractivity contribution in [2.75, 3.05) is 0 Å². The Balaban J connectivity index is 2.49. The van der Waals surface area contributed by atoms with Crippen LogP contribution in [0, 0.1) is 6.92 Å². The highest BCUT2D eigenvalue weighted by Gasteiger charge is 2.03. The van der Waals surface area contributed by atoms with Crippen LogP contribution in [-0.2, 0) is 0 Å². The third-order valence-corrected chi connectivity index (χ3v) is 2.25. The van der Waals surface area contributed by atoms with Crippen molar-refractivity contribution in [3.63, 3.8) is 0 Å². The van der Waals surface area contributed by atoms with Crippen molar-refractivity contribution in [2.45, 2.75) is 6.92 Å². The van der Waals surface area contributed by atoms with Crippen LogP contribution in [0.3, 0.4) is 0 Å². The predicted octanol–water partition coefficient (Wildman–Crippen LogP) is 3.15. The highest BCUT2D eigenvalue weighted by atomic mass is 35.5. The molecule has 2 aromatic rings. The van der Waals surface area contributed by atoms with Crippen molar-refractivity contribution >= 4 is 23.2 Å². The Morgan fingerprint density at radius 1 is 1.07 bits per heavy atom. The topological polar surface area (TPSA) is 38.7 Å². The van der Waals surface area contributed by atoms with E-state index in [1.54, 1.807) is 25.3 Å². The molecule has 0 unspecified atom stereocenters. The van der Waals surface area contributed by atoms with E-state index in [-0.39, 0.29) is 0 Å². The van der Waals surface area contributed by atoms with Gasteiger partial charge < -0.3 is 0 Å². The lowest BCUT2D eigenvalue weighted by Crippen LogP contribution is -1.91. The average Bonchev–Trinajstić information content (AvgIpc) is 2.17. The molecule has 0 saturated heterocycles. The summed E-state index contributed by atoms with van der Waals surface area (Å²) in [5.41, 5.74) is 1.61. The van der Waals surface area contributed by atoms with Crippen molar-refractivity contribution in [3.8, 4) is 11.3 Å². The van der Waals surface area contributed by atoms with Crippen LogP contribution in [0.5, 0.6) is 0 Å². The molecule has 0 amide bonds. The van der Waals surface area contributed by atoms with Gasteiger partial charge in [0.2, 0.25) is 0 Å². The van der Waals surface area contributed by atoms with Crippen molar-refractivity contribution in [2.24, 2.45) is 0 Å². The van der Waals surface area contributed by atoms with Gasteiger partial charge in [-0.1, -0.05) is 23.2 Å². The minimum Gasteiger partial charge on any atom is -0.244 e. The van der Waals surface area contributed by atoms with E-state index in [1.165, 1.54) is 0 Å². The van der Waals surface area contributed by atoms with E-state index in [4.69, 9.17) is 23.2 Å². The van der Waals surface area contributed by atoms with Crippen LogP contribution in [0.25, 0.3) is 11.3 Å². The molecule has 3 nitrogen and oxygen atoms in total. The first-order valence-electron chi connectivity index (χ1n) is 4.28. The first-order valence-corrected chi connectivity index (χ1v) is 5.04. The van der Waals surface area contributed by atoms with Crippen LogP contribution in [-0.4, -0.2) is 15.0 Å². The highest BCUT2D eigenvalue weighted by molar-refractivity contribution is 6.29. The smallest absolute Gasteiger partial charge is 0.133 e. The molecule has 0 fully saturated rings. The van der Waals surface area contributed by atoms with E-state index in [0.29, 0.717) is 16.1 Å². The molecule has 0 aromatic carbocycles. The van der Waals surface area contributed by atoms with Gasteiger partial charge in [0, 0.05) is 17.8 Å². The molecule has 0 aliphatic heterocycles. The summed E-state index contributed by atoms with van der Waals surface area (Å²) in [6.07, 6.45) is 1.65. The van der Waals surface area contributed by atoms with Crippen LogP contribution in [0.2, 0.25) is 10.3 Å². The Kier molecular flexibility index (Phi) is 2.84. The normalized spacial score (nSPS) is 10.3. The Labute approximate surface area is 97.1 Å². The summed E-state index contributed by atoms with van der Waals surface area (Å²) in [6.45, 7) is 1.79. The number of rotatable bonds is 1. The van der Waals surface area contributed by atoms with Gasteiger partial charge in [0.25, 0.3) is 0 Å². The summed E-state index contributed by atoms with van der Waals surface area (Å²) in [5.74, 6) is 0.632. The zero-order valence-corrected chi connectivity index (χ0v) is 9.42. The number of halogens is 2. The maximum absolute atomic E-state index is 5.83. The summed E-state index contributed by atoms with van der Waals surface area (Å²) in [6, 6.07) is 5.25. The van der Waals surface area contributed by atoms with Gasteiger partial charge in [-0.25, -0.2) is 15.0 Å². The van der Waals surface area contributed by atoms with E-state index in [1.807, 2.05) is 6.07 Å². The Morgan fingerprint density at radius 2 is 1.87 bits per heavy atom. The predicted molar refractivity (Wildman–Crippen MR) is 60.0 cm³/mol. The summed E-state index contributed by atoms with van der Waals surface area (Å²) in [4.78, 5) is 12.2. The van der Waals surface area contributed by atoms with Crippen LogP contribution in [0.1, 0.15) is 5.82 Å². The molecule has 0 aliphatic rings. The lowest BCUT2D eigenvalue weighted by Gasteiger charge is -2.01. The van der Waals surface area contributed by atoms with E-state index >= 15 is 0 Å². The molecule has 0 atom stereocenters. The molecule has 2 heterocycles. The first kappa shape index (κ1) is 10.3. The number of hydrogen-bond donors (Lipinski definition) is 0. The third kappa shape index (κ3) is 2.43. The fourth-order valence-corrected chi connectivity index (χ4v) is 1.54. The van der Waals surface area contributed by atoms with Crippen molar-refractivity contribution in [1.29, 1.82) is 0 Å². The number of nitrogens with zero attached hydrogens (tertiary/aromatic N) is 3. The third-order valence-electron chi connectivity index (χ3n) is 1.83. The molecule has 2 aromatic heterocycles. The molecule has 0 radical (unpaired) electrons. The zero-order chi connectivity index (χ0) is 10.8. The lowest BCUT2D eigenvalue weighted by atomic mass is 10.2. The number of aryl methyl sites for hydroxylation is 1. The van der Waals surface area contributed by atoms with E-state index in [9.17, 15) is 0 Å². The van der Waals surface area contributed by atoms with Gasteiger partial charge in [-0.2, -0.15) is 0 Å². The zero-order valence-electron chi connectivity index (χ0n) is 7.91. The van der Waals surface area contributed by atoms with Crippen molar-refractivity contribution in [3.05, 3.63) is 40.5 Å². The minimum absolute atomic E-state index is 0.424. The molecule has 0 saturated carbocycles. The number of aromatic nitrogens is 3. The Bertz CT molecular complexity index is 462. The standard InChI is InChI=1S/C10H7Cl2N3/c1-6-14-8(4-10(12)15-6)7-2-3-9(11)13-5-7/h2-5H,1H3. The van der Waals surface area contributed by atoms with E-state index in [2.05, 4.69) is 15.0 Å². The molecule has 0 spiro atoms. The van der Waals surface area contributed by atoms with Crippen molar-refractivity contribution < 1.29 is 0 Å². The molecule has 0 aliphatic carbocycles. The Morgan fingerprint density at radius 3 is 2.47 bits per heavy atom. The van der Waals surface area contributed by atoms with Crippen LogP contribution in [0.4, 0.5) is 0 Å². The minimum atomic E-state index is 0.424. The van der Waals surface area contributed by atoms with Gasteiger partial charge in [0.1, 0.15) is 16.1 Å². The van der Waals surface area contributed by atoms with Crippen LogP contribution in [0.15, 0.2) is 24.4 Å². The molecule has 0 bridgehead atoms. The summed E-state index contributed by atoms with van der Waals surface area (Å²) < 4.78 is 0. The van der Waals surface area contributed by atoms with E-state index in [0.717, 1.165) is 11.3 Å². The maximum Gasteiger partial charge on any atom is 0.133 e. The number of pyridine rings is 1. The molecule has 76 valence electrons. The second kappa shape index (κ2) is 4.13. The average molecular weight is 240 g/mol. The largest absolute Gasteiger partial charge is 0.244 e. The first-order chi connectivity index (χ1) is 7.15. The quantitative estimate of drug-likeness (QED) is 0.567. The molecular weight excluding hydrogens is 233 g/mol. The fourth-order valence-electron chi connectivity index (χ4n) is 1.21. The molecule has 2 rings (SSSR count). The van der Waals surface area contributed by atoms with Gasteiger partial charge in [0.15, 0.2) is 0 Å². The van der Waals surface area contributed by atoms with Crippen LogP contribution >= 0.6 is 23.2 Å². The second-order valence-corrected chi connectivity index (χ2v) is 3.77. The lowest BCUT2D eigenvalue weighted by molar-refractivity contribution is 1.06. The highest BCUT2D eigenvalue weighted by Crippen LogP contribution is 2.20. The maximum atomic E-state index is 5.83. The van der Waals surface area contributed by atoms with E-state index < -0.39 is 0 Å². The van der Waals surface area contributed by atoms with Gasteiger partial charge in [-0.3, -0.25) is 0 Å². The molecule has 15 heavy (non-hydrogen) atoms. The molecule has 0 N–H and O–H groups in total. The summed E-state index contributed by atoms with van der Waals surface area (Å²) >= 11 is 11.5. The summed E-state index contributed by atoms with van der Waals surface area (Å²) in [5, 5.41) is 0.878. The Hall–Kier alpha value is -1.19. The number of hydrogen-bond acceptors (Lipinski definition) is 3. The van der Waals surface area contributed by atoms with Gasteiger partial charge in [-0.05, 0) is 19.1 Å². The SMILES string of the molecule is Cc1nc(Cl)cc(-c2ccc(Cl)nc2)n1. The summed E-state index contributed by atoms with van der Waals surface area (Å²) in [7, 11) is 0. The monoisotopic (exact) mass is 239 g/mol. The van der Waals surface area contributed by atoms with Gasteiger partial charge >= 0.3 is 0 Å². The molecular formula is C10H7Cl2N3. The second-order valence-electron chi connectivity index (χ2n) is 2.99. The van der Waals surface area contributed by atoms with Crippen molar-refractivity contribution in [1.82, 2.24) is 15.0 Å².